The monoisotopic (exact) mass is 479 g/mol. The average Bonchev–Trinajstić information content (AvgIpc) is 3.33. The molecule has 0 fully saturated rings. The van der Waals surface area contributed by atoms with Crippen LogP contribution in [0.3, 0.4) is 0 Å². The largest absolute Gasteiger partial charge is 0.493 e. The number of amides is 2. The van der Waals surface area contributed by atoms with Crippen LogP contribution in [0.2, 0.25) is 0 Å². The van der Waals surface area contributed by atoms with Gasteiger partial charge in [-0.3, -0.25) is 0 Å². The molecular weight excluding hydrogens is 457 g/mol. The Hall–Kier alpha value is -4.11. The Morgan fingerprint density at radius 1 is 0.882 bits per heavy atom. The van der Waals surface area contributed by atoms with Gasteiger partial charge in [0.25, 0.3) is 0 Å². The lowest BCUT2D eigenvalue weighted by Crippen LogP contribution is -2.20. The summed E-state index contributed by atoms with van der Waals surface area (Å²) in [4.78, 5) is 17.4. The van der Waals surface area contributed by atoms with Crippen molar-refractivity contribution < 1.29 is 23.4 Å². The molecule has 3 aromatic carbocycles. The zero-order valence-electron chi connectivity index (χ0n) is 18.7. The number of nitrogens with zero attached hydrogens (tertiary/aromatic N) is 1. The number of carbonyl (C=O) groups excluding carboxylic acids is 1. The van der Waals surface area contributed by atoms with Crippen LogP contribution in [0.4, 0.5) is 20.6 Å². The van der Waals surface area contributed by atoms with Gasteiger partial charge < -0.3 is 24.8 Å². The highest BCUT2D eigenvalue weighted by atomic mass is 32.1. The highest BCUT2D eigenvalue weighted by molar-refractivity contribution is 7.13. The van der Waals surface area contributed by atoms with Gasteiger partial charge in [0.05, 0.1) is 38.4 Å². The van der Waals surface area contributed by atoms with Crippen LogP contribution >= 0.6 is 11.3 Å². The van der Waals surface area contributed by atoms with Crippen LogP contribution in [0.25, 0.3) is 21.8 Å². The number of halogens is 1. The van der Waals surface area contributed by atoms with Crippen LogP contribution in [-0.2, 0) is 0 Å². The van der Waals surface area contributed by atoms with Crippen LogP contribution < -0.4 is 24.8 Å². The highest BCUT2D eigenvalue weighted by Gasteiger charge is 2.16. The third kappa shape index (κ3) is 4.79. The quantitative estimate of drug-likeness (QED) is 0.326. The number of hydrogen-bond acceptors (Lipinski definition) is 6. The number of benzene rings is 3. The van der Waals surface area contributed by atoms with Gasteiger partial charge in [0, 0.05) is 28.6 Å². The lowest BCUT2D eigenvalue weighted by Gasteiger charge is -2.15. The minimum absolute atomic E-state index is 0.334. The van der Waals surface area contributed by atoms with Crippen molar-refractivity contribution in [2.24, 2.45) is 0 Å². The van der Waals surface area contributed by atoms with E-state index in [1.165, 1.54) is 38.7 Å². The molecule has 0 atom stereocenters. The Bertz CT molecular complexity index is 1300. The number of anilines is 2. The third-order valence-electron chi connectivity index (χ3n) is 4.98. The van der Waals surface area contributed by atoms with Gasteiger partial charge in [0.15, 0.2) is 11.5 Å². The van der Waals surface area contributed by atoms with Gasteiger partial charge in [-0.05, 0) is 18.2 Å². The number of thiazole rings is 1. The van der Waals surface area contributed by atoms with Crippen molar-refractivity contribution in [2.45, 2.75) is 0 Å². The molecule has 0 aliphatic carbocycles. The molecule has 2 amide bonds. The Kier molecular flexibility index (Phi) is 6.93. The maximum Gasteiger partial charge on any atom is 0.323 e. The normalized spacial score (nSPS) is 10.5. The minimum Gasteiger partial charge on any atom is -0.493 e. The second-order valence-electron chi connectivity index (χ2n) is 7.06. The van der Waals surface area contributed by atoms with Crippen molar-refractivity contribution in [2.75, 3.05) is 32.0 Å². The second-order valence-corrected chi connectivity index (χ2v) is 7.91. The Balaban J connectivity index is 1.57. The van der Waals surface area contributed by atoms with Gasteiger partial charge in [-0.2, -0.15) is 0 Å². The first kappa shape index (κ1) is 23.1. The fourth-order valence-corrected chi connectivity index (χ4v) is 4.26. The molecule has 0 aliphatic heterocycles. The van der Waals surface area contributed by atoms with E-state index >= 15 is 0 Å². The SMILES string of the molecule is COc1cc(NC(=O)Nc2ccccc2-c2csc(-c3ccccc3F)n2)cc(OC)c1OC. The number of rotatable bonds is 7. The van der Waals surface area contributed by atoms with Crippen molar-refractivity contribution in [3.8, 4) is 39.1 Å². The lowest BCUT2D eigenvalue weighted by molar-refractivity contribution is 0.262. The Morgan fingerprint density at radius 3 is 2.18 bits per heavy atom. The molecular formula is C25H22FN3O4S. The van der Waals surface area contributed by atoms with Gasteiger partial charge in [-0.1, -0.05) is 30.3 Å². The van der Waals surface area contributed by atoms with Crippen molar-refractivity contribution >= 4 is 28.7 Å². The van der Waals surface area contributed by atoms with Crippen LogP contribution in [0.5, 0.6) is 17.2 Å². The molecule has 1 aromatic heterocycles. The Morgan fingerprint density at radius 2 is 1.53 bits per heavy atom. The maximum atomic E-state index is 14.2. The average molecular weight is 480 g/mol. The van der Waals surface area contributed by atoms with Crippen LogP contribution in [-0.4, -0.2) is 32.3 Å². The summed E-state index contributed by atoms with van der Waals surface area (Å²) in [6.07, 6.45) is 0. The predicted octanol–water partition coefficient (Wildman–Crippen LogP) is 6.29. The summed E-state index contributed by atoms with van der Waals surface area (Å²) in [5.74, 6) is 0.927. The molecule has 2 N–H and O–H groups in total. The van der Waals surface area contributed by atoms with Crippen LogP contribution in [0.1, 0.15) is 0 Å². The summed E-state index contributed by atoms with van der Waals surface area (Å²) in [5.41, 5.74) is 2.79. The second kappa shape index (κ2) is 10.2. The van der Waals surface area contributed by atoms with Crippen molar-refractivity contribution in [3.63, 3.8) is 0 Å². The number of ether oxygens (including phenoxy) is 3. The van der Waals surface area contributed by atoms with Crippen LogP contribution in [0.15, 0.2) is 66.0 Å². The highest BCUT2D eigenvalue weighted by Crippen LogP contribution is 2.40. The van der Waals surface area contributed by atoms with Crippen molar-refractivity contribution in [1.29, 1.82) is 0 Å². The molecule has 0 saturated carbocycles. The number of nitrogens with one attached hydrogen (secondary N) is 2. The minimum atomic E-state index is -0.466. The number of carbonyl (C=O) groups is 1. The van der Waals surface area contributed by atoms with E-state index in [2.05, 4.69) is 15.6 Å². The van der Waals surface area contributed by atoms with Gasteiger partial charge in [0.1, 0.15) is 10.8 Å². The first-order valence-corrected chi connectivity index (χ1v) is 11.1. The van der Waals surface area contributed by atoms with E-state index in [1.807, 2.05) is 23.6 Å². The zero-order chi connectivity index (χ0) is 24.1. The summed E-state index contributed by atoms with van der Waals surface area (Å²) in [6.45, 7) is 0. The molecule has 0 bridgehead atoms. The maximum absolute atomic E-state index is 14.2. The van der Waals surface area contributed by atoms with E-state index in [4.69, 9.17) is 14.2 Å². The standard InChI is InChI=1S/C25H22FN3O4S/c1-31-21-12-15(13-22(32-2)23(21)33-3)27-25(30)29-19-11-7-5-9-17(19)20-14-34-24(28-20)16-8-4-6-10-18(16)26/h4-14H,1-3H3,(H2,27,29,30). The smallest absolute Gasteiger partial charge is 0.323 e. The number of para-hydroxylation sites is 1. The predicted molar refractivity (Wildman–Crippen MR) is 132 cm³/mol. The van der Waals surface area contributed by atoms with Gasteiger partial charge in [-0.25, -0.2) is 14.2 Å². The molecule has 0 saturated heterocycles. The summed E-state index contributed by atoms with van der Waals surface area (Å²) < 4.78 is 30.2. The number of aromatic nitrogens is 1. The zero-order valence-corrected chi connectivity index (χ0v) is 19.5. The molecule has 0 radical (unpaired) electrons. The molecule has 4 aromatic rings. The van der Waals surface area contributed by atoms with E-state index in [1.54, 1.807) is 36.4 Å². The molecule has 0 aliphatic rings. The van der Waals surface area contributed by atoms with E-state index in [0.29, 0.717) is 50.5 Å². The Labute approximate surface area is 200 Å². The molecule has 0 spiro atoms. The lowest BCUT2D eigenvalue weighted by atomic mass is 10.1. The summed E-state index contributed by atoms with van der Waals surface area (Å²) in [7, 11) is 4.51. The number of hydrogen-bond donors (Lipinski definition) is 2. The van der Waals surface area contributed by atoms with Crippen molar-refractivity contribution in [3.05, 3.63) is 71.9 Å². The molecule has 0 unspecified atom stereocenters. The number of urea groups is 1. The molecule has 9 heteroatoms. The third-order valence-corrected chi connectivity index (χ3v) is 5.86. The molecule has 4 rings (SSSR count). The van der Waals surface area contributed by atoms with Gasteiger partial charge >= 0.3 is 6.03 Å². The fraction of sp³-hybridized carbons (Fsp3) is 0.120. The van der Waals surface area contributed by atoms with E-state index < -0.39 is 6.03 Å². The first-order chi connectivity index (χ1) is 16.5. The molecule has 34 heavy (non-hydrogen) atoms. The number of methoxy groups -OCH3 is 3. The van der Waals surface area contributed by atoms with Gasteiger partial charge in [-0.15, -0.1) is 11.3 Å². The van der Waals surface area contributed by atoms with Crippen molar-refractivity contribution in [1.82, 2.24) is 4.98 Å². The topological polar surface area (TPSA) is 81.7 Å². The summed E-state index contributed by atoms with van der Waals surface area (Å²) >= 11 is 1.33. The molecule has 7 nitrogen and oxygen atoms in total. The molecule has 174 valence electrons. The van der Waals surface area contributed by atoms with E-state index in [0.717, 1.165) is 0 Å². The van der Waals surface area contributed by atoms with Crippen LogP contribution in [0, 0.1) is 5.82 Å². The fourth-order valence-electron chi connectivity index (χ4n) is 3.41. The summed E-state index contributed by atoms with van der Waals surface area (Å²) in [5, 5.41) is 8.02. The summed E-state index contributed by atoms with van der Waals surface area (Å²) in [6, 6.07) is 16.6. The van der Waals surface area contributed by atoms with Gasteiger partial charge in [0.2, 0.25) is 5.75 Å². The van der Waals surface area contributed by atoms with E-state index in [9.17, 15) is 9.18 Å². The van der Waals surface area contributed by atoms with E-state index in [-0.39, 0.29) is 5.82 Å². The molecule has 1 heterocycles. The first-order valence-electron chi connectivity index (χ1n) is 10.2.